The molecule has 0 aromatic heterocycles. The molecule has 5 heteroatoms. The maximum atomic E-state index is 11.9. The van der Waals surface area contributed by atoms with Crippen LogP contribution in [-0.2, 0) is 6.54 Å². The van der Waals surface area contributed by atoms with E-state index in [9.17, 15) is 13.2 Å². The van der Waals surface area contributed by atoms with Crippen molar-refractivity contribution >= 4 is 0 Å². The molecular formula is C11H14F3NO. The van der Waals surface area contributed by atoms with Crippen LogP contribution < -0.4 is 10.1 Å². The van der Waals surface area contributed by atoms with Gasteiger partial charge in [0.1, 0.15) is 5.75 Å². The van der Waals surface area contributed by atoms with E-state index in [-0.39, 0.29) is 5.75 Å². The molecule has 1 aromatic carbocycles. The van der Waals surface area contributed by atoms with Gasteiger partial charge in [-0.2, -0.15) is 13.2 Å². The van der Waals surface area contributed by atoms with Gasteiger partial charge in [0.25, 0.3) is 0 Å². The minimum atomic E-state index is -4.29. The molecule has 0 aliphatic rings. The van der Waals surface area contributed by atoms with Crippen molar-refractivity contribution in [2.24, 2.45) is 0 Å². The fourth-order valence-corrected chi connectivity index (χ4v) is 1.14. The number of ether oxygens (including phenoxy) is 1. The van der Waals surface area contributed by atoms with Crippen LogP contribution >= 0.6 is 0 Å². The molecule has 0 heterocycles. The van der Waals surface area contributed by atoms with E-state index in [1.54, 1.807) is 24.3 Å². The second kappa shape index (κ2) is 5.75. The van der Waals surface area contributed by atoms with Gasteiger partial charge in [-0.05, 0) is 24.2 Å². The zero-order chi connectivity index (χ0) is 12.0. The molecule has 1 N–H and O–H groups in total. The largest absolute Gasteiger partial charge is 0.484 e. The van der Waals surface area contributed by atoms with Gasteiger partial charge in [0.15, 0.2) is 6.61 Å². The molecule has 0 amide bonds. The summed E-state index contributed by atoms with van der Waals surface area (Å²) >= 11 is 0. The van der Waals surface area contributed by atoms with Gasteiger partial charge in [-0.15, -0.1) is 0 Å². The number of hydrogen-bond donors (Lipinski definition) is 1. The Morgan fingerprint density at radius 3 is 2.31 bits per heavy atom. The van der Waals surface area contributed by atoms with Crippen molar-refractivity contribution in [3.63, 3.8) is 0 Å². The molecule has 0 fully saturated rings. The lowest BCUT2D eigenvalue weighted by atomic mass is 10.2. The van der Waals surface area contributed by atoms with Gasteiger partial charge in [-0.25, -0.2) is 0 Å². The zero-order valence-electron chi connectivity index (χ0n) is 8.97. The van der Waals surface area contributed by atoms with Crippen molar-refractivity contribution in [1.29, 1.82) is 0 Å². The standard InChI is InChI=1S/C11H14F3NO/c1-2-15-7-9-3-5-10(6-4-9)16-8-11(12,13)14/h3-6,15H,2,7-8H2,1H3. The zero-order valence-corrected chi connectivity index (χ0v) is 8.97. The van der Waals surface area contributed by atoms with Gasteiger partial charge in [0.2, 0.25) is 0 Å². The fourth-order valence-electron chi connectivity index (χ4n) is 1.14. The van der Waals surface area contributed by atoms with Gasteiger partial charge in [-0.3, -0.25) is 0 Å². The number of hydrogen-bond acceptors (Lipinski definition) is 2. The van der Waals surface area contributed by atoms with Crippen LogP contribution in [0.3, 0.4) is 0 Å². The SMILES string of the molecule is CCNCc1ccc(OCC(F)(F)F)cc1. The molecule has 0 spiro atoms. The lowest BCUT2D eigenvalue weighted by molar-refractivity contribution is -0.153. The summed E-state index contributed by atoms with van der Waals surface area (Å²) in [4.78, 5) is 0. The van der Waals surface area contributed by atoms with Crippen LogP contribution in [0.15, 0.2) is 24.3 Å². The van der Waals surface area contributed by atoms with Crippen molar-refractivity contribution in [2.75, 3.05) is 13.2 Å². The Kier molecular flexibility index (Phi) is 4.61. The molecule has 2 nitrogen and oxygen atoms in total. The second-order valence-corrected chi connectivity index (χ2v) is 3.33. The van der Waals surface area contributed by atoms with Crippen LogP contribution in [-0.4, -0.2) is 19.3 Å². The lowest BCUT2D eigenvalue weighted by Gasteiger charge is -2.09. The van der Waals surface area contributed by atoms with Crippen molar-refractivity contribution in [1.82, 2.24) is 5.32 Å². The smallest absolute Gasteiger partial charge is 0.422 e. The maximum Gasteiger partial charge on any atom is 0.422 e. The predicted octanol–water partition coefficient (Wildman–Crippen LogP) is 2.74. The highest BCUT2D eigenvalue weighted by Crippen LogP contribution is 2.18. The minimum Gasteiger partial charge on any atom is -0.484 e. The summed E-state index contributed by atoms with van der Waals surface area (Å²) in [7, 11) is 0. The van der Waals surface area contributed by atoms with Crippen LogP contribution in [0.25, 0.3) is 0 Å². The second-order valence-electron chi connectivity index (χ2n) is 3.33. The summed E-state index contributed by atoms with van der Waals surface area (Å²) in [5.41, 5.74) is 1.02. The first-order chi connectivity index (χ1) is 7.51. The van der Waals surface area contributed by atoms with Gasteiger partial charge in [-0.1, -0.05) is 19.1 Å². The average molecular weight is 233 g/mol. The fraction of sp³-hybridized carbons (Fsp3) is 0.455. The Labute approximate surface area is 92.4 Å². The van der Waals surface area contributed by atoms with E-state index in [1.807, 2.05) is 6.92 Å². The monoisotopic (exact) mass is 233 g/mol. The predicted molar refractivity (Wildman–Crippen MR) is 55.4 cm³/mol. The van der Waals surface area contributed by atoms with Gasteiger partial charge >= 0.3 is 6.18 Å². The molecule has 0 saturated heterocycles. The molecule has 0 saturated carbocycles. The van der Waals surface area contributed by atoms with Crippen LogP contribution in [0.5, 0.6) is 5.75 Å². The highest BCUT2D eigenvalue weighted by Gasteiger charge is 2.28. The third-order valence-electron chi connectivity index (χ3n) is 1.90. The van der Waals surface area contributed by atoms with Crippen LogP contribution in [0.1, 0.15) is 12.5 Å². The Hall–Kier alpha value is -1.23. The van der Waals surface area contributed by atoms with Crippen molar-refractivity contribution in [2.45, 2.75) is 19.6 Å². The summed E-state index contributed by atoms with van der Waals surface area (Å²) in [6.07, 6.45) is -4.29. The highest BCUT2D eigenvalue weighted by atomic mass is 19.4. The van der Waals surface area contributed by atoms with Crippen molar-refractivity contribution in [3.05, 3.63) is 29.8 Å². The minimum absolute atomic E-state index is 0.234. The summed E-state index contributed by atoms with van der Waals surface area (Å²) in [6, 6.07) is 6.57. The van der Waals surface area contributed by atoms with Crippen molar-refractivity contribution < 1.29 is 17.9 Å². The Balaban J connectivity index is 2.45. The number of nitrogens with one attached hydrogen (secondary N) is 1. The highest BCUT2D eigenvalue weighted by molar-refractivity contribution is 5.27. The third-order valence-corrected chi connectivity index (χ3v) is 1.90. The van der Waals surface area contributed by atoms with E-state index in [2.05, 4.69) is 10.1 Å². The molecule has 0 radical (unpaired) electrons. The van der Waals surface area contributed by atoms with Crippen LogP contribution in [0.4, 0.5) is 13.2 Å². The van der Waals surface area contributed by atoms with E-state index < -0.39 is 12.8 Å². The molecule has 1 aromatic rings. The van der Waals surface area contributed by atoms with E-state index in [0.29, 0.717) is 6.54 Å². The molecular weight excluding hydrogens is 219 g/mol. The lowest BCUT2D eigenvalue weighted by Crippen LogP contribution is -2.19. The van der Waals surface area contributed by atoms with Crippen LogP contribution in [0.2, 0.25) is 0 Å². The van der Waals surface area contributed by atoms with Crippen LogP contribution in [0, 0.1) is 0 Å². The molecule has 1 rings (SSSR count). The molecule has 0 bridgehead atoms. The summed E-state index contributed by atoms with van der Waals surface area (Å²) in [5, 5.41) is 3.12. The maximum absolute atomic E-state index is 11.9. The molecule has 0 aliphatic heterocycles. The van der Waals surface area contributed by atoms with E-state index in [4.69, 9.17) is 0 Å². The van der Waals surface area contributed by atoms with E-state index >= 15 is 0 Å². The van der Waals surface area contributed by atoms with E-state index in [1.165, 1.54) is 0 Å². The summed E-state index contributed by atoms with van der Waals surface area (Å²) < 4.78 is 40.1. The first-order valence-electron chi connectivity index (χ1n) is 5.00. The van der Waals surface area contributed by atoms with Gasteiger partial charge in [0, 0.05) is 6.54 Å². The number of alkyl halides is 3. The Morgan fingerprint density at radius 1 is 1.19 bits per heavy atom. The van der Waals surface area contributed by atoms with Gasteiger partial charge in [0.05, 0.1) is 0 Å². The topological polar surface area (TPSA) is 21.3 Å². The van der Waals surface area contributed by atoms with Gasteiger partial charge < -0.3 is 10.1 Å². The summed E-state index contributed by atoms with van der Waals surface area (Å²) in [6.45, 7) is 2.29. The average Bonchev–Trinajstić information content (AvgIpc) is 2.24. The molecule has 16 heavy (non-hydrogen) atoms. The number of benzene rings is 1. The Morgan fingerprint density at radius 2 is 1.81 bits per heavy atom. The molecule has 90 valence electrons. The number of rotatable bonds is 5. The van der Waals surface area contributed by atoms with Crippen molar-refractivity contribution in [3.8, 4) is 5.75 Å². The number of halogens is 3. The first kappa shape index (κ1) is 12.8. The normalized spacial score (nSPS) is 11.5. The third kappa shape index (κ3) is 5.02. The van der Waals surface area contributed by atoms with E-state index in [0.717, 1.165) is 12.1 Å². The summed E-state index contributed by atoms with van der Waals surface area (Å²) in [5.74, 6) is 0.234. The Bertz CT molecular complexity index is 308. The quantitative estimate of drug-likeness (QED) is 0.844. The molecule has 0 unspecified atom stereocenters. The molecule has 0 aliphatic carbocycles. The first-order valence-corrected chi connectivity index (χ1v) is 5.00. The molecule has 0 atom stereocenters.